The van der Waals surface area contributed by atoms with Gasteiger partial charge in [0.1, 0.15) is 0 Å². The number of nitrogens with zero attached hydrogens (tertiary/aromatic N) is 1. The van der Waals surface area contributed by atoms with Gasteiger partial charge >= 0.3 is 0 Å². The smallest absolute Gasteiger partial charge is 0.228 e. The summed E-state index contributed by atoms with van der Waals surface area (Å²) in [6.07, 6.45) is 0.00777. The molecule has 1 aromatic carbocycles. The molecule has 146 valence electrons. The highest BCUT2D eigenvalue weighted by atomic mass is 19.1. The van der Waals surface area contributed by atoms with E-state index in [1.165, 1.54) is 7.11 Å². The van der Waals surface area contributed by atoms with Gasteiger partial charge in [0.25, 0.3) is 0 Å². The summed E-state index contributed by atoms with van der Waals surface area (Å²) in [5, 5.41) is 10.6. The molecule has 2 aliphatic rings. The van der Waals surface area contributed by atoms with Gasteiger partial charge in [0.05, 0.1) is 24.9 Å². The van der Waals surface area contributed by atoms with Crippen molar-refractivity contribution in [1.29, 1.82) is 0 Å². The van der Waals surface area contributed by atoms with Crippen LogP contribution in [-0.4, -0.2) is 54.9 Å². The van der Waals surface area contributed by atoms with E-state index in [4.69, 9.17) is 14.2 Å². The molecule has 3 rings (SSSR count). The lowest BCUT2D eigenvalue weighted by molar-refractivity contribution is -0.149. The van der Waals surface area contributed by atoms with Crippen molar-refractivity contribution in [1.82, 2.24) is 4.90 Å². The largest absolute Gasteiger partial charge is 0.493 e. The van der Waals surface area contributed by atoms with Gasteiger partial charge in [-0.3, -0.25) is 4.90 Å². The SMILES string of the molecule is COc1cc2c(c(F)c1OCF)CCN1C[C@@H](OC(C)(C)C)[C@H](O)C[C@H]21. The normalized spacial score (nSPS) is 26.2. The van der Waals surface area contributed by atoms with E-state index in [2.05, 4.69) is 4.90 Å². The van der Waals surface area contributed by atoms with Gasteiger partial charge in [-0.05, 0) is 50.8 Å². The minimum Gasteiger partial charge on any atom is -0.493 e. The summed E-state index contributed by atoms with van der Waals surface area (Å²) < 4.78 is 43.5. The number of piperidine rings is 1. The third-order valence-electron chi connectivity index (χ3n) is 5.00. The average Bonchev–Trinajstić information content (AvgIpc) is 2.56. The number of rotatable bonds is 4. The van der Waals surface area contributed by atoms with Crippen LogP contribution in [0.2, 0.25) is 0 Å². The maximum atomic E-state index is 14.9. The maximum absolute atomic E-state index is 14.9. The van der Waals surface area contributed by atoms with Crippen molar-refractivity contribution in [3.63, 3.8) is 0 Å². The van der Waals surface area contributed by atoms with Gasteiger partial charge in [-0.2, -0.15) is 0 Å². The Morgan fingerprint density at radius 1 is 1.35 bits per heavy atom. The standard InChI is InChI=1S/C19H27F2NO4/c1-19(2,3)26-16-9-22-6-5-11-12(13(22)8-14(16)23)7-15(24-4)18(17(11)21)25-10-20/h7,13-14,16,23H,5-6,8-10H2,1-4H3/t13-,14-,16-/m1/s1. The van der Waals surface area contributed by atoms with Crippen LogP contribution in [0, 0.1) is 5.82 Å². The van der Waals surface area contributed by atoms with Crippen LogP contribution >= 0.6 is 0 Å². The summed E-state index contributed by atoms with van der Waals surface area (Å²) in [6, 6.07) is 1.58. The van der Waals surface area contributed by atoms with E-state index < -0.39 is 18.8 Å². The Balaban J connectivity index is 1.91. The number of ether oxygens (including phenoxy) is 3. The molecule has 26 heavy (non-hydrogen) atoms. The molecule has 3 atom stereocenters. The van der Waals surface area contributed by atoms with Gasteiger partial charge in [0, 0.05) is 19.1 Å². The van der Waals surface area contributed by atoms with Crippen LogP contribution in [0.15, 0.2) is 6.07 Å². The highest BCUT2D eigenvalue weighted by Crippen LogP contribution is 2.44. The van der Waals surface area contributed by atoms with E-state index in [1.54, 1.807) is 6.07 Å². The van der Waals surface area contributed by atoms with Crippen molar-refractivity contribution in [3.8, 4) is 11.5 Å². The highest BCUT2D eigenvalue weighted by molar-refractivity contribution is 5.51. The third kappa shape index (κ3) is 3.66. The number of alkyl halides is 1. The number of benzene rings is 1. The molecular formula is C19H27F2NO4. The molecule has 1 fully saturated rings. The number of hydrogen-bond acceptors (Lipinski definition) is 5. The minimum absolute atomic E-state index is 0.128. The zero-order valence-corrected chi connectivity index (χ0v) is 15.7. The molecule has 0 radical (unpaired) electrons. The molecule has 5 nitrogen and oxygen atoms in total. The van der Waals surface area contributed by atoms with Gasteiger partial charge in [-0.25, -0.2) is 8.78 Å². The summed E-state index contributed by atoms with van der Waals surface area (Å²) in [7, 11) is 1.40. The summed E-state index contributed by atoms with van der Waals surface area (Å²) in [6.45, 7) is 5.99. The van der Waals surface area contributed by atoms with Crippen LogP contribution in [0.5, 0.6) is 11.5 Å². The van der Waals surface area contributed by atoms with E-state index in [9.17, 15) is 13.9 Å². The third-order valence-corrected chi connectivity index (χ3v) is 5.00. The first-order chi connectivity index (χ1) is 12.2. The Morgan fingerprint density at radius 3 is 2.69 bits per heavy atom. The van der Waals surface area contributed by atoms with Gasteiger partial charge < -0.3 is 19.3 Å². The zero-order valence-electron chi connectivity index (χ0n) is 15.7. The summed E-state index contributed by atoms with van der Waals surface area (Å²) in [5.74, 6) is -0.588. The van der Waals surface area contributed by atoms with Crippen molar-refractivity contribution >= 4 is 0 Å². The van der Waals surface area contributed by atoms with Gasteiger partial charge in [-0.15, -0.1) is 0 Å². The molecule has 0 aromatic heterocycles. The number of halogens is 2. The van der Waals surface area contributed by atoms with Crippen LogP contribution in [0.1, 0.15) is 44.4 Å². The Labute approximate surface area is 152 Å². The first-order valence-corrected chi connectivity index (χ1v) is 8.93. The zero-order chi connectivity index (χ0) is 19.1. The number of aliphatic hydroxyl groups excluding tert-OH is 1. The van der Waals surface area contributed by atoms with Gasteiger partial charge in [-0.1, -0.05) is 0 Å². The van der Waals surface area contributed by atoms with Crippen LogP contribution in [0.4, 0.5) is 8.78 Å². The minimum atomic E-state index is -1.12. The van der Waals surface area contributed by atoms with E-state index in [1.807, 2.05) is 20.8 Å². The number of hydrogen-bond donors (Lipinski definition) is 1. The van der Waals surface area contributed by atoms with Crippen LogP contribution in [-0.2, 0) is 11.2 Å². The Bertz CT molecular complexity index is 662. The Morgan fingerprint density at radius 2 is 2.08 bits per heavy atom. The quantitative estimate of drug-likeness (QED) is 0.882. The fourth-order valence-electron chi connectivity index (χ4n) is 3.96. The number of fused-ring (bicyclic) bond motifs is 3. The molecule has 0 amide bonds. The van der Waals surface area contributed by atoms with Crippen LogP contribution < -0.4 is 9.47 Å². The summed E-state index contributed by atoms with van der Waals surface area (Å²) >= 11 is 0. The lowest BCUT2D eigenvalue weighted by Crippen LogP contribution is -2.53. The molecule has 1 aromatic rings. The van der Waals surface area contributed by atoms with Crippen molar-refractivity contribution < 1.29 is 28.1 Å². The van der Waals surface area contributed by atoms with Crippen molar-refractivity contribution in [3.05, 3.63) is 23.0 Å². The first-order valence-electron chi connectivity index (χ1n) is 8.93. The predicted molar refractivity (Wildman–Crippen MR) is 92.8 cm³/mol. The molecule has 7 heteroatoms. The molecule has 0 spiro atoms. The average molecular weight is 371 g/mol. The molecule has 2 aliphatic heterocycles. The fourth-order valence-corrected chi connectivity index (χ4v) is 3.96. The molecule has 0 bridgehead atoms. The molecule has 0 unspecified atom stereocenters. The topological polar surface area (TPSA) is 51.2 Å². The van der Waals surface area contributed by atoms with E-state index >= 15 is 0 Å². The molecule has 2 heterocycles. The second kappa shape index (κ2) is 7.29. The van der Waals surface area contributed by atoms with Crippen molar-refractivity contribution in [2.24, 2.45) is 0 Å². The van der Waals surface area contributed by atoms with Crippen LogP contribution in [0.3, 0.4) is 0 Å². The number of methoxy groups -OCH3 is 1. The summed E-state index contributed by atoms with van der Waals surface area (Å²) in [4.78, 5) is 2.21. The lowest BCUT2D eigenvalue weighted by atomic mass is 9.84. The second-order valence-electron chi connectivity index (χ2n) is 7.88. The highest BCUT2D eigenvalue weighted by Gasteiger charge is 2.41. The van der Waals surface area contributed by atoms with Crippen molar-refractivity contribution in [2.45, 2.75) is 57.5 Å². The van der Waals surface area contributed by atoms with E-state index in [0.717, 1.165) is 5.56 Å². The van der Waals surface area contributed by atoms with E-state index in [-0.39, 0.29) is 29.2 Å². The van der Waals surface area contributed by atoms with Gasteiger partial charge in [0.15, 0.2) is 11.6 Å². The van der Waals surface area contributed by atoms with Crippen molar-refractivity contribution in [2.75, 3.05) is 27.1 Å². The Hall–Kier alpha value is -1.44. The first kappa shape index (κ1) is 19.3. The lowest BCUT2D eigenvalue weighted by Gasteiger charge is -2.46. The second-order valence-corrected chi connectivity index (χ2v) is 7.88. The molecular weight excluding hydrogens is 344 g/mol. The predicted octanol–water partition coefficient (Wildman–Crippen LogP) is 2.99. The van der Waals surface area contributed by atoms with Gasteiger partial charge in [0.2, 0.25) is 12.6 Å². The summed E-state index contributed by atoms with van der Waals surface area (Å²) in [5.41, 5.74) is 0.933. The fraction of sp³-hybridized carbons (Fsp3) is 0.684. The van der Waals surface area contributed by atoms with E-state index in [0.29, 0.717) is 31.5 Å². The molecule has 1 N–H and O–H groups in total. The Kier molecular flexibility index (Phi) is 5.42. The molecule has 1 saturated heterocycles. The molecule has 0 saturated carbocycles. The van der Waals surface area contributed by atoms with Crippen LogP contribution in [0.25, 0.3) is 0 Å². The molecule has 0 aliphatic carbocycles. The maximum Gasteiger partial charge on any atom is 0.228 e. The monoisotopic (exact) mass is 371 g/mol. The number of aliphatic hydroxyl groups is 1.